The van der Waals surface area contributed by atoms with E-state index in [0.29, 0.717) is 43.6 Å². The molecule has 5 heteroatoms. The molecular weight excluding hydrogens is 268 g/mol. The Morgan fingerprint density at radius 3 is 2.81 bits per heavy atom. The van der Waals surface area contributed by atoms with E-state index in [1.807, 2.05) is 19.1 Å². The monoisotopic (exact) mass is 292 g/mol. The van der Waals surface area contributed by atoms with Gasteiger partial charge in [0.1, 0.15) is 12.4 Å². The topological polar surface area (TPSA) is 73.6 Å². The van der Waals surface area contributed by atoms with Crippen LogP contribution in [0.15, 0.2) is 24.3 Å². The Balaban J connectivity index is 1.95. The molecule has 0 heterocycles. The molecule has 1 saturated carbocycles. The summed E-state index contributed by atoms with van der Waals surface area (Å²) in [5, 5.41) is 3.01. The molecule has 3 N–H and O–H groups in total. The highest BCUT2D eigenvalue weighted by Gasteiger charge is 2.31. The van der Waals surface area contributed by atoms with Gasteiger partial charge in [-0.05, 0) is 37.8 Å². The molecule has 1 amide bonds. The molecule has 1 unspecified atom stereocenters. The van der Waals surface area contributed by atoms with E-state index in [1.165, 1.54) is 0 Å². The highest BCUT2D eigenvalue weighted by atomic mass is 16.5. The Kier molecular flexibility index (Phi) is 6.02. The van der Waals surface area contributed by atoms with Crippen molar-refractivity contribution in [2.24, 2.45) is 11.7 Å². The number of nitrogens with one attached hydrogen (secondary N) is 1. The normalized spacial score (nSPS) is 15.5. The Hall–Kier alpha value is -1.59. The molecule has 1 aromatic carbocycles. The van der Waals surface area contributed by atoms with Crippen LogP contribution in [0.3, 0.4) is 0 Å². The fourth-order valence-electron chi connectivity index (χ4n) is 2.25. The number of hydrogen-bond donors (Lipinski definition) is 2. The largest absolute Gasteiger partial charge is 0.490 e. The summed E-state index contributed by atoms with van der Waals surface area (Å²) in [5.74, 6) is 0.996. The molecular formula is C16H24N2O3. The molecule has 21 heavy (non-hydrogen) atoms. The van der Waals surface area contributed by atoms with Crippen LogP contribution in [0.1, 0.15) is 30.1 Å². The van der Waals surface area contributed by atoms with Gasteiger partial charge in [-0.1, -0.05) is 12.1 Å². The second kappa shape index (κ2) is 8.00. The average Bonchev–Trinajstić information content (AvgIpc) is 3.34. The smallest absolute Gasteiger partial charge is 0.255 e. The zero-order valence-corrected chi connectivity index (χ0v) is 12.5. The molecule has 116 valence electrons. The molecule has 0 spiro atoms. The predicted molar refractivity (Wildman–Crippen MR) is 81.5 cm³/mol. The van der Waals surface area contributed by atoms with Gasteiger partial charge in [-0.3, -0.25) is 4.79 Å². The molecule has 1 aromatic rings. The van der Waals surface area contributed by atoms with Gasteiger partial charge in [-0.2, -0.15) is 0 Å². The summed E-state index contributed by atoms with van der Waals surface area (Å²) in [4.78, 5) is 12.4. The average molecular weight is 292 g/mol. The van der Waals surface area contributed by atoms with Crippen molar-refractivity contribution in [3.05, 3.63) is 29.8 Å². The third kappa shape index (κ3) is 4.72. The van der Waals surface area contributed by atoms with Crippen molar-refractivity contribution in [3.63, 3.8) is 0 Å². The van der Waals surface area contributed by atoms with Gasteiger partial charge in [0.15, 0.2) is 0 Å². The van der Waals surface area contributed by atoms with Crippen LogP contribution in [0.2, 0.25) is 0 Å². The molecule has 0 aliphatic heterocycles. The quantitative estimate of drug-likeness (QED) is 0.678. The predicted octanol–water partition coefficient (Wildman–Crippen LogP) is 1.57. The Morgan fingerprint density at radius 1 is 1.38 bits per heavy atom. The lowest BCUT2D eigenvalue weighted by molar-refractivity contribution is 0.0917. The summed E-state index contributed by atoms with van der Waals surface area (Å²) < 4.78 is 10.9. The summed E-state index contributed by atoms with van der Waals surface area (Å²) in [7, 11) is 0. The van der Waals surface area contributed by atoms with Gasteiger partial charge in [0.25, 0.3) is 5.91 Å². The molecule has 1 fully saturated rings. The minimum absolute atomic E-state index is 0.0639. The minimum atomic E-state index is -0.121. The number of benzene rings is 1. The number of ether oxygens (including phenoxy) is 2. The minimum Gasteiger partial charge on any atom is -0.490 e. The van der Waals surface area contributed by atoms with Gasteiger partial charge in [-0.15, -0.1) is 0 Å². The van der Waals surface area contributed by atoms with Crippen LogP contribution >= 0.6 is 0 Å². The third-order valence-corrected chi connectivity index (χ3v) is 3.58. The standard InChI is InChI=1S/C16H24N2O3/c1-2-20-9-10-21-15-6-4-3-5-13(15)16(19)18-14(11-17)12-7-8-12/h3-6,12,14H,2,7-11,17H2,1H3,(H,18,19). The number of hydrogen-bond acceptors (Lipinski definition) is 4. The van der Waals surface area contributed by atoms with Crippen molar-refractivity contribution < 1.29 is 14.3 Å². The zero-order chi connectivity index (χ0) is 15.1. The first-order valence-corrected chi connectivity index (χ1v) is 7.56. The fraction of sp³-hybridized carbons (Fsp3) is 0.562. The maximum Gasteiger partial charge on any atom is 0.255 e. The first kappa shape index (κ1) is 15.8. The number of nitrogens with two attached hydrogens (primary N) is 1. The Labute approximate surface area is 125 Å². The van der Waals surface area contributed by atoms with E-state index >= 15 is 0 Å². The van der Waals surface area contributed by atoms with Gasteiger partial charge in [0.05, 0.1) is 12.2 Å². The molecule has 1 aliphatic carbocycles. The molecule has 0 bridgehead atoms. The summed E-state index contributed by atoms with van der Waals surface area (Å²) in [5.41, 5.74) is 6.28. The van der Waals surface area contributed by atoms with Crippen LogP contribution in [0.4, 0.5) is 0 Å². The third-order valence-electron chi connectivity index (χ3n) is 3.58. The SMILES string of the molecule is CCOCCOc1ccccc1C(=O)NC(CN)C1CC1. The zero-order valence-electron chi connectivity index (χ0n) is 12.5. The lowest BCUT2D eigenvalue weighted by Gasteiger charge is -2.17. The summed E-state index contributed by atoms with van der Waals surface area (Å²) >= 11 is 0. The van der Waals surface area contributed by atoms with Crippen LogP contribution in [0, 0.1) is 5.92 Å². The number of carbonyl (C=O) groups excluding carboxylic acids is 1. The van der Waals surface area contributed by atoms with Gasteiger partial charge >= 0.3 is 0 Å². The molecule has 0 saturated heterocycles. The highest BCUT2D eigenvalue weighted by Crippen LogP contribution is 2.32. The van der Waals surface area contributed by atoms with Crippen LogP contribution < -0.4 is 15.8 Å². The number of amides is 1. The van der Waals surface area contributed by atoms with E-state index in [0.717, 1.165) is 12.8 Å². The summed E-state index contributed by atoms with van der Waals surface area (Å²) in [6.45, 7) is 4.02. The maximum absolute atomic E-state index is 12.4. The molecule has 1 aliphatic rings. The highest BCUT2D eigenvalue weighted by molar-refractivity contribution is 5.97. The van der Waals surface area contributed by atoms with E-state index in [1.54, 1.807) is 12.1 Å². The molecule has 2 rings (SSSR count). The van der Waals surface area contributed by atoms with Crippen molar-refractivity contribution in [1.82, 2.24) is 5.32 Å². The molecule has 5 nitrogen and oxygen atoms in total. The van der Waals surface area contributed by atoms with E-state index in [9.17, 15) is 4.79 Å². The molecule has 1 atom stereocenters. The first-order chi connectivity index (χ1) is 10.3. The van der Waals surface area contributed by atoms with Crippen molar-refractivity contribution in [1.29, 1.82) is 0 Å². The van der Waals surface area contributed by atoms with E-state index in [4.69, 9.17) is 15.2 Å². The van der Waals surface area contributed by atoms with Crippen molar-refractivity contribution >= 4 is 5.91 Å². The first-order valence-electron chi connectivity index (χ1n) is 7.56. The fourth-order valence-corrected chi connectivity index (χ4v) is 2.25. The summed E-state index contributed by atoms with van der Waals surface area (Å²) in [6.07, 6.45) is 2.29. The number of para-hydroxylation sites is 1. The van der Waals surface area contributed by atoms with Crippen molar-refractivity contribution in [2.75, 3.05) is 26.4 Å². The van der Waals surface area contributed by atoms with Crippen LogP contribution in [-0.4, -0.2) is 38.3 Å². The summed E-state index contributed by atoms with van der Waals surface area (Å²) in [6, 6.07) is 7.32. The van der Waals surface area contributed by atoms with Crippen molar-refractivity contribution in [3.8, 4) is 5.75 Å². The van der Waals surface area contributed by atoms with Crippen LogP contribution in [0.5, 0.6) is 5.75 Å². The van der Waals surface area contributed by atoms with Crippen LogP contribution in [0.25, 0.3) is 0 Å². The number of carbonyl (C=O) groups is 1. The Bertz CT molecular complexity index is 461. The van der Waals surface area contributed by atoms with Crippen LogP contribution in [-0.2, 0) is 4.74 Å². The Morgan fingerprint density at radius 2 is 2.14 bits per heavy atom. The lowest BCUT2D eigenvalue weighted by Crippen LogP contribution is -2.41. The molecule has 0 aromatic heterocycles. The van der Waals surface area contributed by atoms with E-state index in [-0.39, 0.29) is 11.9 Å². The van der Waals surface area contributed by atoms with Crippen molar-refractivity contribution in [2.45, 2.75) is 25.8 Å². The molecule has 0 radical (unpaired) electrons. The second-order valence-electron chi connectivity index (χ2n) is 5.19. The van der Waals surface area contributed by atoms with E-state index < -0.39 is 0 Å². The van der Waals surface area contributed by atoms with E-state index in [2.05, 4.69) is 5.32 Å². The van der Waals surface area contributed by atoms with Gasteiger partial charge < -0.3 is 20.5 Å². The van der Waals surface area contributed by atoms with Gasteiger partial charge in [0.2, 0.25) is 0 Å². The van der Waals surface area contributed by atoms with Gasteiger partial charge in [-0.25, -0.2) is 0 Å². The maximum atomic E-state index is 12.4. The number of rotatable bonds is 9. The second-order valence-corrected chi connectivity index (χ2v) is 5.19. The lowest BCUT2D eigenvalue weighted by atomic mass is 10.1. The van der Waals surface area contributed by atoms with Gasteiger partial charge in [0, 0.05) is 19.2 Å².